The van der Waals surface area contributed by atoms with Crippen LogP contribution in [0.25, 0.3) is 0 Å². The average molecular weight is 360 g/mol. The fourth-order valence-corrected chi connectivity index (χ4v) is 3.14. The topological polar surface area (TPSA) is 61.6 Å². The second kappa shape index (κ2) is 8.42. The highest BCUT2D eigenvalue weighted by atomic mass is 19.1. The Morgan fingerprint density at radius 2 is 1.96 bits per heavy atom. The van der Waals surface area contributed by atoms with E-state index in [1.54, 1.807) is 12.1 Å². The van der Waals surface area contributed by atoms with Crippen molar-refractivity contribution in [3.05, 3.63) is 53.2 Å². The molecule has 2 aromatic rings. The van der Waals surface area contributed by atoms with Crippen LogP contribution in [0.3, 0.4) is 0 Å². The molecule has 1 N–H and O–H groups in total. The van der Waals surface area contributed by atoms with Gasteiger partial charge in [-0.15, -0.1) is 0 Å². The maximum atomic E-state index is 12.9. The fourth-order valence-electron chi connectivity index (χ4n) is 3.14. The molecule has 1 aromatic carbocycles. The Balaban J connectivity index is 1.42. The zero-order chi connectivity index (χ0) is 18.5. The van der Waals surface area contributed by atoms with Gasteiger partial charge in [-0.3, -0.25) is 14.6 Å². The van der Waals surface area contributed by atoms with Crippen LogP contribution in [0.1, 0.15) is 23.9 Å². The number of aryl methyl sites for hydroxylation is 1. The molecule has 0 aliphatic carbocycles. The molecular formula is C19H25FN4O2. The van der Waals surface area contributed by atoms with Crippen molar-refractivity contribution in [2.24, 2.45) is 0 Å². The molecule has 1 aliphatic rings. The van der Waals surface area contributed by atoms with Crippen molar-refractivity contribution in [2.75, 3.05) is 26.2 Å². The molecule has 6 nitrogen and oxygen atoms in total. The van der Waals surface area contributed by atoms with Gasteiger partial charge in [0.25, 0.3) is 0 Å². The summed E-state index contributed by atoms with van der Waals surface area (Å²) in [4.78, 5) is 16.9. The normalized spacial score (nSPS) is 17.2. The van der Waals surface area contributed by atoms with Crippen LogP contribution in [0.15, 0.2) is 34.9 Å². The van der Waals surface area contributed by atoms with E-state index < -0.39 is 0 Å². The standard InChI is InChI=1S/C19H25FN4O2/c1-14-11-18(22-26-14)13-23-7-9-24(10-8-23)15(2)19(25)21-12-16-3-5-17(20)6-4-16/h3-6,11,15H,7-10,12-13H2,1-2H3,(H,21,25). The molecule has 1 amide bonds. The van der Waals surface area contributed by atoms with E-state index in [1.165, 1.54) is 12.1 Å². The van der Waals surface area contributed by atoms with E-state index in [4.69, 9.17) is 4.52 Å². The molecule has 0 spiro atoms. The first kappa shape index (κ1) is 18.5. The summed E-state index contributed by atoms with van der Waals surface area (Å²) in [5, 5.41) is 6.96. The quantitative estimate of drug-likeness (QED) is 0.853. The van der Waals surface area contributed by atoms with Crippen molar-refractivity contribution in [2.45, 2.75) is 33.0 Å². The van der Waals surface area contributed by atoms with Crippen molar-refractivity contribution in [1.29, 1.82) is 0 Å². The third-order valence-corrected chi connectivity index (χ3v) is 4.78. The minimum Gasteiger partial charge on any atom is -0.361 e. The number of nitrogens with one attached hydrogen (secondary N) is 1. The molecule has 2 heterocycles. The molecule has 140 valence electrons. The lowest BCUT2D eigenvalue weighted by Crippen LogP contribution is -2.53. The monoisotopic (exact) mass is 360 g/mol. The fraction of sp³-hybridized carbons (Fsp3) is 0.474. The van der Waals surface area contributed by atoms with Crippen LogP contribution >= 0.6 is 0 Å². The number of hydrogen-bond acceptors (Lipinski definition) is 5. The Kier molecular flexibility index (Phi) is 6.00. The van der Waals surface area contributed by atoms with Gasteiger partial charge in [0.15, 0.2) is 0 Å². The van der Waals surface area contributed by atoms with Gasteiger partial charge in [-0.2, -0.15) is 0 Å². The van der Waals surface area contributed by atoms with Crippen LogP contribution in [0.4, 0.5) is 4.39 Å². The maximum Gasteiger partial charge on any atom is 0.237 e. The summed E-state index contributed by atoms with van der Waals surface area (Å²) < 4.78 is 18.0. The van der Waals surface area contributed by atoms with Gasteiger partial charge in [0.1, 0.15) is 11.6 Å². The van der Waals surface area contributed by atoms with Crippen molar-refractivity contribution in [3.63, 3.8) is 0 Å². The van der Waals surface area contributed by atoms with Crippen LogP contribution in [0.2, 0.25) is 0 Å². The lowest BCUT2D eigenvalue weighted by atomic mass is 10.2. The van der Waals surface area contributed by atoms with E-state index in [0.717, 1.165) is 49.7 Å². The van der Waals surface area contributed by atoms with Crippen LogP contribution in [0, 0.1) is 12.7 Å². The van der Waals surface area contributed by atoms with Crippen molar-refractivity contribution in [3.8, 4) is 0 Å². The van der Waals surface area contributed by atoms with Gasteiger partial charge < -0.3 is 9.84 Å². The number of amides is 1. The molecule has 7 heteroatoms. The van der Waals surface area contributed by atoms with Crippen molar-refractivity contribution >= 4 is 5.91 Å². The van der Waals surface area contributed by atoms with Gasteiger partial charge in [-0.05, 0) is 31.5 Å². The first-order chi connectivity index (χ1) is 12.5. The minimum atomic E-state index is -0.271. The Bertz CT molecular complexity index is 723. The Hall–Kier alpha value is -2.25. The third-order valence-electron chi connectivity index (χ3n) is 4.78. The highest BCUT2D eigenvalue weighted by Crippen LogP contribution is 2.11. The van der Waals surface area contributed by atoms with Crippen molar-refractivity contribution in [1.82, 2.24) is 20.3 Å². The zero-order valence-electron chi connectivity index (χ0n) is 15.2. The van der Waals surface area contributed by atoms with E-state index in [-0.39, 0.29) is 17.8 Å². The Morgan fingerprint density at radius 1 is 1.27 bits per heavy atom. The number of aromatic nitrogens is 1. The molecule has 26 heavy (non-hydrogen) atoms. The SMILES string of the molecule is Cc1cc(CN2CCN(C(C)C(=O)NCc3ccc(F)cc3)CC2)no1. The second-order valence-electron chi connectivity index (χ2n) is 6.76. The van der Waals surface area contributed by atoms with Gasteiger partial charge >= 0.3 is 0 Å². The molecule has 0 bridgehead atoms. The second-order valence-corrected chi connectivity index (χ2v) is 6.76. The van der Waals surface area contributed by atoms with E-state index in [2.05, 4.69) is 20.3 Å². The number of hydrogen-bond donors (Lipinski definition) is 1. The Labute approximate surface area is 152 Å². The average Bonchev–Trinajstić information content (AvgIpc) is 3.06. The minimum absolute atomic E-state index is 0.00472. The van der Waals surface area contributed by atoms with Crippen LogP contribution < -0.4 is 5.32 Å². The largest absolute Gasteiger partial charge is 0.361 e. The molecule has 1 atom stereocenters. The number of nitrogens with zero attached hydrogens (tertiary/aromatic N) is 3. The molecule has 1 unspecified atom stereocenters. The molecule has 1 saturated heterocycles. The summed E-state index contributed by atoms with van der Waals surface area (Å²) in [5.74, 6) is 0.548. The van der Waals surface area contributed by atoms with Gasteiger partial charge in [-0.1, -0.05) is 17.3 Å². The van der Waals surface area contributed by atoms with E-state index in [0.29, 0.717) is 6.54 Å². The number of carbonyl (C=O) groups excluding carboxylic acids is 1. The van der Waals surface area contributed by atoms with Crippen molar-refractivity contribution < 1.29 is 13.7 Å². The summed E-state index contributed by atoms with van der Waals surface area (Å²) in [6.07, 6.45) is 0. The predicted octanol–water partition coefficient (Wildman–Crippen LogP) is 1.94. The van der Waals surface area contributed by atoms with Crippen LogP contribution in [-0.4, -0.2) is 53.1 Å². The molecular weight excluding hydrogens is 335 g/mol. The summed E-state index contributed by atoms with van der Waals surface area (Å²) in [7, 11) is 0. The third kappa shape index (κ3) is 4.89. The number of rotatable bonds is 6. The van der Waals surface area contributed by atoms with E-state index in [1.807, 2.05) is 19.9 Å². The number of halogens is 1. The number of piperazine rings is 1. The van der Waals surface area contributed by atoms with E-state index in [9.17, 15) is 9.18 Å². The first-order valence-corrected chi connectivity index (χ1v) is 8.92. The van der Waals surface area contributed by atoms with Gasteiger partial charge in [0, 0.05) is 45.3 Å². The summed E-state index contributed by atoms with van der Waals surface area (Å²) >= 11 is 0. The Morgan fingerprint density at radius 3 is 2.58 bits per heavy atom. The number of benzene rings is 1. The van der Waals surface area contributed by atoms with Crippen LogP contribution in [0.5, 0.6) is 0 Å². The van der Waals surface area contributed by atoms with Gasteiger partial charge in [0.05, 0.1) is 11.7 Å². The highest BCUT2D eigenvalue weighted by molar-refractivity contribution is 5.81. The van der Waals surface area contributed by atoms with Gasteiger partial charge in [0.2, 0.25) is 5.91 Å². The van der Waals surface area contributed by atoms with Crippen LogP contribution in [-0.2, 0) is 17.9 Å². The zero-order valence-corrected chi connectivity index (χ0v) is 15.2. The smallest absolute Gasteiger partial charge is 0.237 e. The molecule has 0 saturated carbocycles. The lowest BCUT2D eigenvalue weighted by molar-refractivity contribution is -0.126. The summed E-state index contributed by atoms with van der Waals surface area (Å²) in [6.45, 7) is 8.45. The summed E-state index contributed by atoms with van der Waals surface area (Å²) in [5.41, 5.74) is 1.83. The molecule has 1 aromatic heterocycles. The molecule has 1 aliphatic heterocycles. The highest BCUT2D eigenvalue weighted by Gasteiger charge is 2.25. The summed E-state index contributed by atoms with van der Waals surface area (Å²) in [6, 6.07) is 7.95. The lowest BCUT2D eigenvalue weighted by Gasteiger charge is -2.37. The predicted molar refractivity (Wildman–Crippen MR) is 95.8 cm³/mol. The first-order valence-electron chi connectivity index (χ1n) is 8.92. The van der Waals surface area contributed by atoms with E-state index >= 15 is 0 Å². The van der Waals surface area contributed by atoms with Gasteiger partial charge in [-0.25, -0.2) is 4.39 Å². The maximum absolute atomic E-state index is 12.9. The molecule has 1 fully saturated rings. The molecule has 3 rings (SSSR count). The number of carbonyl (C=O) groups is 1. The molecule has 0 radical (unpaired) electrons.